The molecular weight excluding hydrogens is 706 g/mol. The Morgan fingerprint density at radius 1 is 0.365 bits per heavy atom. The summed E-state index contributed by atoms with van der Waals surface area (Å²) in [6, 6.07) is 0. The molecule has 14 N–H and O–H groups in total. The van der Waals surface area contributed by atoms with Gasteiger partial charge in [-0.25, -0.2) is 0 Å². The maximum atomic E-state index is 10.5. The maximum absolute atomic E-state index is 10.5. The van der Waals surface area contributed by atoms with E-state index in [1.807, 2.05) is 0 Å². The van der Waals surface area contributed by atoms with E-state index in [0.29, 0.717) is 0 Å². The van der Waals surface area contributed by atoms with Crippen LogP contribution in [0.4, 0.5) is 0 Å². The molecule has 21 nitrogen and oxygen atoms in total. The van der Waals surface area contributed by atoms with Crippen molar-refractivity contribution in [2.75, 3.05) is 113 Å². The molecule has 12 atom stereocenters. The third-order valence-electron chi connectivity index (χ3n) is 7.25. The zero-order chi connectivity index (χ0) is 39.5. The molecule has 0 heterocycles. The summed E-state index contributed by atoms with van der Waals surface area (Å²) in [5, 5.41) is 139. The molecule has 0 fully saturated rings. The second kappa shape index (κ2) is 31.4. The van der Waals surface area contributed by atoms with Gasteiger partial charge in [0.2, 0.25) is 0 Å². The van der Waals surface area contributed by atoms with E-state index in [0.717, 1.165) is 0 Å². The van der Waals surface area contributed by atoms with Gasteiger partial charge in [-0.1, -0.05) is 0 Å². The number of rotatable bonds is 36. The molecule has 314 valence electrons. The van der Waals surface area contributed by atoms with Crippen LogP contribution in [0.2, 0.25) is 0 Å². The minimum absolute atomic E-state index is 0.0182. The Balaban J connectivity index is 4.44. The molecule has 0 rings (SSSR count). The van der Waals surface area contributed by atoms with Gasteiger partial charge in [-0.2, -0.15) is 0 Å². The van der Waals surface area contributed by atoms with Gasteiger partial charge in [0.25, 0.3) is 0 Å². The number of aliphatic hydroxyl groups excluding tert-OH is 14. The maximum Gasteiger partial charge on any atom is 0.107 e. The lowest BCUT2D eigenvalue weighted by atomic mass is 10.0. The topological polar surface area (TPSA) is 342 Å². The Bertz CT molecular complexity index is 784. The molecule has 0 amide bonds. The van der Waals surface area contributed by atoms with Crippen molar-refractivity contribution >= 4 is 0 Å². The van der Waals surface area contributed by atoms with Crippen molar-refractivity contribution < 1.29 is 99.9 Å². The van der Waals surface area contributed by atoms with Gasteiger partial charge in [0.05, 0.1) is 103 Å². The summed E-state index contributed by atoms with van der Waals surface area (Å²) >= 11 is 0. The standard InChI is InChI=1S/C31H65NO20/c1-47-9-21(36)11-49-13-23(38)15-51-17-25(40)19-52-18-24(39)16-50-14-22(37)12-48-10-20(35)6-32(7-28(43)30(45)26(41)2-4-33)8-29(44)31(46)27(42)3-5-34/h20-31,33-46H,2-19H2,1H3. The van der Waals surface area contributed by atoms with E-state index in [1.54, 1.807) is 0 Å². The monoisotopic (exact) mass is 771 g/mol. The number of hydrogen-bond donors (Lipinski definition) is 14. The van der Waals surface area contributed by atoms with Crippen LogP contribution in [0.15, 0.2) is 0 Å². The van der Waals surface area contributed by atoms with Gasteiger partial charge in [0, 0.05) is 40.0 Å². The van der Waals surface area contributed by atoms with Gasteiger partial charge in [0.1, 0.15) is 42.7 Å². The Morgan fingerprint density at radius 3 is 0.904 bits per heavy atom. The van der Waals surface area contributed by atoms with Gasteiger partial charge >= 0.3 is 0 Å². The number of nitrogens with zero attached hydrogens (tertiary/aromatic N) is 1. The van der Waals surface area contributed by atoms with Gasteiger partial charge < -0.3 is 99.9 Å². The van der Waals surface area contributed by atoms with Crippen LogP contribution < -0.4 is 0 Å². The normalized spacial score (nSPS) is 19.4. The molecule has 0 saturated carbocycles. The molecule has 0 saturated heterocycles. The first-order chi connectivity index (χ1) is 24.6. The van der Waals surface area contributed by atoms with Crippen LogP contribution in [-0.2, 0) is 28.4 Å². The average Bonchev–Trinajstić information content (AvgIpc) is 3.07. The molecular formula is C31H65NO20. The first-order valence-electron chi connectivity index (χ1n) is 17.1. The van der Waals surface area contributed by atoms with Crippen molar-refractivity contribution in [2.24, 2.45) is 0 Å². The summed E-state index contributed by atoms with van der Waals surface area (Å²) < 4.78 is 30.8. The highest BCUT2D eigenvalue weighted by Crippen LogP contribution is 2.11. The molecule has 0 aromatic carbocycles. The van der Waals surface area contributed by atoms with E-state index in [4.69, 9.17) is 38.6 Å². The summed E-state index contributed by atoms with van der Waals surface area (Å²) in [5.41, 5.74) is 0. The zero-order valence-corrected chi connectivity index (χ0v) is 29.8. The second-order valence-electron chi connectivity index (χ2n) is 12.6. The summed E-state index contributed by atoms with van der Waals surface area (Å²) in [6.07, 6.45) is -16.4. The zero-order valence-electron chi connectivity index (χ0n) is 29.8. The van der Waals surface area contributed by atoms with E-state index in [1.165, 1.54) is 12.0 Å². The van der Waals surface area contributed by atoms with Crippen LogP contribution >= 0.6 is 0 Å². The molecule has 0 aliphatic carbocycles. The summed E-state index contributed by atoms with van der Waals surface area (Å²) in [4.78, 5) is 1.24. The van der Waals surface area contributed by atoms with Crippen LogP contribution in [0.5, 0.6) is 0 Å². The van der Waals surface area contributed by atoms with Gasteiger partial charge in [-0.15, -0.1) is 0 Å². The van der Waals surface area contributed by atoms with Crippen molar-refractivity contribution in [1.29, 1.82) is 0 Å². The van der Waals surface area contributed by atoms with Gasteiger partial charge in [-0.3, -0.25) is 4.90 Å². The third kappa shape index (κ3) is 26.0. The predicted molar refractivity (Wildman–Crippen MR) is 178 cm³/mol. The van der Waals surface area contributed by atoms with Crippen LogP contribution in [0.3, 0.4) is 0 Å². The van der Waals surface area contributed by atoms with Crippen molar-refractivity contribution in [2.45, 2.75) is 86.1 Å². The van der Waals surface area contributed by atoms with E-state index >= 15 is 0 Å². The van der Waals surface area contributed by atoms with E-state index < -0.39 is 99.6 Å². The molecule has 0 spiro atoms. The fourth-order valence-corrected chi connectivity index (χ4v) is 4.57. The van der Waals surface area contributed by atoms with Crippen LogP contribution in [0.1, 0.15) is 12.8 Å². The largest absolute Gasteiger partial charge is 0.396 e. The van der Waals surface area contributed by atoms with E-state index in [-0.39, 0.29) is 92.1 Å². The fraction of sp³-hybridized carbons (Fsp3) is 1.00. The van der Waals surface area contributed by atoms with Crippen LogP contribution in [0.25, 0.3) is 0 Å². The molecule has 21 heteroatoms. The predicted octanol–water partition coefficient (Wildman–Crippen LogP) is -7.89. The van der Waals surface area contributed by atoms with Crippen molar-refractivity contribution in [3.05, 3.63) is 0 Å². The highest BCUT2D eigenvalue weighted by Gasteiger charge is 2.31. The summed E-state index contributed by atoms with van der Waals surface area (Å²) in [5.74, 6) is 0. The number of hydrogen-bond acceptors (Lipinski definition) is 21. The number of aliphatic hydroxyl groups is 14. The third-order valence-corrected chi connectivity index (χ3v) is 7.25. The van der Waals surface area contributed by atoms with Crippen molar-refractivity contribution in [1.82, 2.24) is 4.90 Å². The highest BCUT2D eigenvalue weighted by molar-refractivity contribution is 4.83. The molecule has 0 bridgehead atoms. The van der Waals surface area contributed by atoms with Crippen LogP contribution in [0, 0.1) is 0 Å². The lowest BCUT2D eigenvalue weighted by molar-refractivity contribution is -0.0996. The molecule has 12 unspecified atom stereocenters. The summed E-state index contributed by atoms with van der Waals surface area (Å²) in [7, 11) is 1.43. The van der Waals surface area contributed by atoms with Crippen molar-refractivity contribution in [3.8, 4) is 0 Å². The second-order valence-corrected chi connectivity index (χ2v) is 12.6. The van der Waals surface area contributed by atoms with E-state index in [2.05, 4.69) is 0 Å². The molecule has 0 aromatic rings. The van der Waals surface area contributed by atoms with Gasteiger partial charge in [-0.05, 0) is 12.8 Å². The lowest BCUT2D eigenvalue weighted by Crippen LogP contribution is -2.51. The quantitative estimate of drug-likeness (QED) is 0.0281. The Hall–Kier alpha value is -0.840. The molecule has 0 aliphatic rings. The fourth-order valence-electron chi connectivity index (χ4n) is 4.57. The smallest absolute Gasteiger partial charge is 0.107 e. The minimum atomic E-state index is -1.69. The number of methoxy groups -OCH3 is 1. The van der Waals surface area contributed by atoms with Gasteiger partial charge in [0.15, 0.2) is 0 Å². The Morgan fingerprint density at radius 2 is 0.635 bits per heavy atom. The van der Waals surface area contributed by atoms with E-state index in [9.17, 15) is 61.3 Å². The molecule has 0 aliphatic heterocycles. The highest BCUT2D eigenvalue weighted by atomic mass is 16.5. The SMILES string of the molecule is COCC(O)COCC(O)COCC(O)COCC(O)COCC(O)COCC(O)CN(CC(O)C(O)C(O)CCO)CC(O)C(O)C(O)CCO. The van der Waals surface area contributed by atoms with Crippen LogP contribution in [-0.4, -0.2) is 262 Å². The average molecular weight is 772 g/mol. The first-order valence-corrected chi connectivity index (χ1v) is 17.1. The molecule has 0 aromatic heterocycles. The Kier molecular flexibility index (Phi) is 30.9. The number of ether oxygens (including phenoxy) is 6. The van der Waals surface area contributed by atoms with Crippen molar-refractivity contribution in [3.63, 3.8) is 0 Å². The molecule has 52 heavy (non-hydrogen) atoms. The Labute approximate surface area is 303 Å². The lowest BCUT2D eigenvalue weighted by Gasteiger charge is -2.33. The summed E-state index contributed by atoms with van der Waals surface area (Å²) in [6.45, 7) is -3.84. The molecule has 0 radical (unpaired) electrons. The first kappa shape index (κ1) is 51.2. The minimum Gasteiger partial charge on any atom is -0.396 e.